The van der Waals surface area contributed by atoms with Gasteiger partial charge in [-0.2, -0.15) is 0 Å². The fourth-order valence-corrected chi connectivity index (χ4v) is 0.409. The lowest BCUT2D eigenvalue weighted by Crippen LogP contribution is -2.30. The van der Waals surface area contributed by atoms with Crippen LogP contribution in [0.25, 0.3) is 0 Å². The summed E-state index contributed by atoms with van der Waals surface area (Å²) < 4.78 is 28.8. The zero-order valence-corrected chi connectivity index (χ0v) is 7.78. The van der Waals surface area contributed by atoms with Crippen LogP contribution in [0.2, 0.25) is 0 Å². The van der Waals surface area contributed by atoms with Crippen LogP contribution in [0.4, 0.5) is 8.78 Å². The number of hydrogen-bond donors (Lipinski definition) is 0. The third kappa shape index (κ3) is 5.10. The van der Waals surface area contributed by atoms with E-state index in [1.165, 1.54) is 0 Å². The van der Waals surface area contributed by atoms with Gasteiger partial charge in [0.15, 0.2) is 7.85 Å². The van der Waals surface area contributed by atoms with Gasteiger partial charge < -0.3 is 4.74 Å². The summed E-state index contributed by atoms with van der Waals surface area (Å²) in [5.74, 6) is -3.55. The maximum Gasteiger partial charge on any atom is 0.311 e. The smallest absolute Gasteiger partial charge is 0.311 e. The monoisotopic (exact) mass is 178 g/mol. The third-order valence-electron chi connectivity index (χ3n) is 1.07. The molecule has 0 saturated heterocycles. The molecule has 2 nitrogen and oxygen atoms in total. The molecule has 0 aromatic carbocycles. The van der Waals surface area contributed by atoms with Gasteiger partial charge >= 0.3 is 5.97 Å². The Hall–Kier alpha value is -0.605. The number of hydrogen-bond acceptors (Lipinski definition) is 2. The Balaban J connectivity index is 3.90. The van der Waals surface area contributed by atoms with Crippen molar-refractivity contribution < 1.29 is 18.3 Å². The molecule has 0 fully saturated rings. The Labute approximate surface area is 71.7 Å². The first-order valence-corrected chi connectivity index (χ1v) is 3.68. The largest absolute Gasteiger partial charge is 0.460 e. The number of esters is 1. The minimum absolute atomic E-state index is 0.607. The summed E-state index contributed by atoms with van der Waals surface area (Å²) in [5, 5.41) is 0. The molecule has 0 saturated carbocycles. The second-order valence-electron chi connectivity index (χ2n) is 3.90. The van der Waals surface area contributed by atoms with Crippen molar-refractivity contribution in [1.29, 1.82) is 0 Å². The van der Waals surface area contributed by atoms with Gasteiger partial charge in [0.05, 0.1) is 5.41 Å². The quantitative estimate of drug-likeness (QED) is 0.461. The average molecular weight is 178 g/mol. The lowest BCUT2D eigenvalue weighted by atomic mass is 9.97. The number of ether oxygens (including phenoxy) is 1. The number of alkyl halides is 2. The minimum Gasteiger partial charge on any atom is -0.460 e. The summed E-state index contributed by atoms with van der Waals surface area (Å²) in [4.78, 5) is 11.0. The topological polar surface area (TPSA) is 26.3 Å². The van der Waals surface area contributed by atoms with Gasteiger partial charge in [-0.3, -0.25) is 4.79 Å². The fourth-order valence-electron chi connectivity index (χ4n) is 0.409. The van der Waals surface area contributed by atoms with E-state index in [1.807, 2.05) is 0 Å². The molecular weight excluding hydrogens is 165 g/mol. The van der Waals surface area contributed by atoms with Crippen LogP contribution in [-0.2, 0) is 9.53 Å². The summed E-state index contributed by atoms with van der Waals surface area (Å²) in [6.07, 6.45) is 0. The molecule has 12 heavy (non-hydrogen) atoms. The molecule has 0 spiro atoms. The Bertz CT molecular complexity index is 169. The van der Waals surface area contributed by atoms with Crippen molar-refractivity contribution in [1.82, 2.24) is 0 Å². The zero-order chi connectivity index (χ0) is 9.99. The van der Waals surface area contributed by atoms with Crippen LogP contribution >= 0.6 is 0 Å². The Kier molecular flexibility index (Phi) is 3.24. The van der Waals surface area contributed by atoms with Gasteiger partial charge in [0.1, 0.15) is 6.61 Å². The normalized spacial score (nSPS) is 12.8. The summed E-state index contributed by atoms with van der Waals surface area (Å²) >= 11 is 0. The Morgan fingerprint density at radius 3 is 2.08 bits per heavy atom. The van der Waals surface area contributed by atoms with Crippen molar-refractivity contribution >= 4 is 13.8 Å². The average Bonchev–Trinajstić information content (AvgIpc) is 1.78. The van der Waals surface area contributed by atoms with Crippen LogP contribution in [-0.4, -0.2) is 26.2 Å². The molecule has 0 atom stereocenters. The lowest BCUT2D eigenvalue weighted by Gasteiger charge is -2.18. The summed E-state index contributed by atoms with van der Waals surface area (Å²) in [6, 6.07) is 0. The highest BCUT2D eigenvalue weighted by Crippen LogP contribution is 2.17. The fraction of sp³-hybridized carbons (Fsp3) is 0.857. The Morgan fingerprint density at radius 2 is 1.83 bits per heavy atom. The molecule has 0 bridgehead atoms. The molecule has 5 heteroatoms. The molecule has 0 amide bonds. The summed E-state index contributed by atoms with van der Waals surface area (Å²) in [7, 11) is 0.711. The predicted molar refractivity (Wildman–Crippen MR) is 43.9 cm³/mol. The van der Waals surface area contributed by atoms with E-state index in [4.69, 9.17) is 0 Å². The van der Waals surface area contributed by atoms with E-state index < -0.39 is 23.8 Å². The predicted octanol–water partition coefficient (Wildman–Crippen LogP) is 0.802. The third-order valence-corrected chi connectivity index (χ3v) is 1.07. The van der Waals surface area contributed by atoms with Crippen LogP contribution in [0.3, 0.4) is 0 Å². The van der Waals surface area contributed by atoms with Crippen molar-refractivity contribution in [2.75, 3.05) is 6.61 Å². The van der Waals surface area contributed by atoms with Gasteiger partial charge in [-0.05, 0) is 20.8 Å². The van der Waals surface area contributed by atoms with Gasteiger partial charge in [0, 0.05) is 0 Å². The Morgan fingerprint density at radius 1 is 1.42 bits per heavy atom. The molecule has 0 rings (SSSR count). The molecule has 0 heterocycles. The first kappa shape index (κ1) is 11.4. The SMILES string of the molecule is BC(F)(F)COC(=O)C(C)(C)C. The number of carbonyl (C=O) groups is 1. The number of carbonyl (C=O) groups excluding carboxylic acids is 1. The molecule has 0 aliphatic rings. The van der Waals surface area contributed by atoms with Crippen molar-refractivity contribution in [3.8, 4) is 0 Å². The number of halogens is 2. The molecule has 0 unspecified atom stereocenters. The van der Waals surface area contributed by atoms with Crippen LogP contribution < -0.4 is 0 Å². The van der Waals surface area contributed by atoms with E-state index in [1.54, 1.807) is 20.8 Å². The van der Waals surface area contributed by atoms with Crippen molar-refractivity contribution in [2.45, 2.75) is 26.6 Å². The standard InChI is InChI=1S/C7H13BF2O2/c1-6(2,3)5(11)12-4-7(8,9)10/h4,8H2,1-3H3. The summed E-state index contributed by atoms with van der Waals surface area (Å²) in [6.45, 7) is 4.00. The first-order chi connectivity index (χ1) is 5.13. The van der Waals surface area contributed by atoms with Gasteiger partial charge in [0.25, 0.3) is 0 Å². The van der Waals surface area contributed by atoms with Gasteiger partial charge in [-0.1, -0.05) is 0 Å². The van der Waals surface area contributed by atoms with Gasteiger partial charge in [-0.25, -0.2) is 8.78 Å². The van der Waals surface area contributed by atoms with Crippen LogP contribution in [0.5, 0.6) is 0 Å². The van der Waals surface area contributed by atoms with E-state index in [0.717, 1.165) is 0 Å². The van der Waals surface area contributed by atoms with E-state index >= 15 is 0 Å². The molecule has 0 N–H and O–H groups in total. The molecule has 70 valence electrons. The first-order valence-electron chi connectivity index (χ1n) is 3.68. The van der Waals surface area contributed by atoms with Crippen LogP contribution in [0.1, 0.15) is 20.8 Å². The maximum absolute atomic E-state index is 12.2. The van der Waals surface area contributed by atoms with Crippen LogP contribution in [0, 0.1) is 5.41 Å². The number of rotatable bonds is 2. The van der Waals surface area contributed by atoms with Gasteiger partial charge in [-0.15, -0.1) is 0 Å². The molecular formula is C7H13BF2O2. The second-order valence-corrected chi connectivity index (χ2v) is 3.90. The zero-order valence-electron chi connectivity index (χ0n) is 7.78. The van der Waals surface area contributed by atoms with E-state index in [0.29, 0.717) is 7.85 Å². The lowest BCUT2D eigenvalue weighted by molar-refractivity contribution is -0.158. The molecule has 0 radical (unpaired) electrons. The highest BCUT2D eigenvalue weighted by atomic mass is 19.3. The van der Waals surface area contributed by atoms with Gasteiger partial charge in [0.2, 0.25) is 5.82 Å². The van der Waals surface area contributed by atoms with E-state index in [-0.39, 0.29) is 0 Å². The maximum atomic E-state index is 12.2. The molecule has 0 aromatic heterocycles. The van der Waals surface area contributed by atoms with E-state index in [2.05, 4.69) is 4.74 Å². The molecule has 0 aliphatic heterocycles. The second kappa shape index (κ2) is 3.41. The van der Waals surface area contributed by atoms with Crippen molar-refractivity contribution in [2.24, 2.45) is 5.41 Å². The minimum atomic E-state index is -2.94. The summed E-state index contributed by atoms with van der Waals surface area (Å²) in [5.41, 5.74) is -0.717. The van der Waals surface area contributed by atoms with E-state index in [9.17, 15) is 13.6 Å². The molecule has 0 aromatic rings. The van der Waals surface area contributed by atoms with Crippen molar-refractivity contribution in [3.63, 3.8) is 0 Å². The highest BCUT2D eigenvalue weighted by Gasteiger charge is 2.28. The molecule has 0 aliphatic carbocycles. The van der Waals surface area contributed by atoms with Crippen LogP contribution in [0.15, 0.2) is 0 Å². The van der Waals surface area contributed by atoms with Crippen molar-refractivity contribution in [3.05, 3.63) is 0 Å². The highest BCUT2D eigenvalue weighted by molar-refractivity contribution is 6.13.